The smallest absolute Gasteiger partial charge is 0.253 e. The molecular formula is C17H19FN2O2S. The van der Waals surface area contributed by atoms with Crippen molar-refractivity contribution in [2.45, 2.75) is 30.6 Å². The highest BCUT2D eigenvalue weighted by Crippen LogP contribution is 2.40. The molecule has 3 rings (SSSR count). The Balaban J connectivity index is 1.77. The van der Waals surface area contributed by atoms with Gasteiger partial charge < -0.3 is 10.4 Å². The second kappa shape index (κ2) is 6.45. The normalized spacial score (nSPS) is 23.5. The maximum atomic E-state index is 13.7. The van der Waals surface area contributed by atoms with Crippen LogP contribution >= 0.6 is 11.8 Å². The third-order valence-electron chi connectivity index (χ3n) is 4.28. The van der Waals surface area contributed by atoms with E-state index in [-0.39, 0.29) is 17.4 Å². The number of halogens is 1. The molecule has 1 aliphatic carbocycles. The number of aliphatic hydroxyl groups is 1. The summed E-state index contributed by atoms with van der Waals surface area (Å²) in [5.74, 6) is 0.0468. The average Bonchev–Trinajstić information content (AvgIpc) is 2.55. The zero-order valence-electron chi connectivity index (χ0n) is 12.9. The number of thioether (sulfide) groups is 1. The van der Waals surface area contributed by atoms with Gasteiger partial charge in [0.05, 0.1) is 16.7 Å². The number of fused-ring (bicyclic) bond motifs is 1. The molecule has 0 aliphatic heterocycles. The van der Waals surface area contributed by atoms with Crippen molar-refractivity contribution in [2.24, 2.45) is 0 Å². The van der Waals surface area contributed by atoms with Crippen molar-refractivity contribution in [2.75, 3.05) is 12.3 Å². The summed E-state index contributed by atoms with van der Waals surface area (Å²) in [6.45, 7) is 2.22. The minimum Gasteiger partial charge on any atom is -0.387 e. The van der Waals surface area contributed by atoms with E-state index in [1.54, 1.807) is 30.1 Å². The van der Waals surface area contributed by atoms with E-state index in [9.17, 15) is 14.3 Å². The van der Waals surface area contributed by atoms with E-state index < -0.39 is 17.3 Å². The number of rotatable bonds is 5. The van der Waals surface area contributed by atoms with Crippen LogP contribution in [0.15, 0.2) is 30.5 Å². The third kappa shape index (κ3) is 3.19. The molecule has 4 nitrogen and oxygen atoms in total. The predicted molar refractivity (Wildman–Crippen MR) is 90.1 cm³/mol. The molecule has 2 aromatic rings. The molecule has 0 bridgehead atoms. The molecule has 23 heavy (non-hydrogen) atoms. The zero-order chi connectivity index (χ0) is 16.4. The van der Waals surface area contributed by atoms with Gasteiger partial charge in [0.15, 0.2) is 0 Å². The summed E-state index contributed by atoms with van der Waals surface area (Å²) in [7, 11) is 0. The standard InChI is InChI=1S/C17H19FN2O2S/c1-2-23-14-5-6-17(14,22)10-20-16(21)13-9-12(18)8-11-4-3-7-19-15(11)13/h3-4,7-9,14,22H,2,5-6,10H2,1H3,(H,20,21)/t14-,17+/m0/s1. The van der Waals surface area contributed by atoms with Crippen molar-refractivity contribution in [3.63, 3.8) is 0 Å². The second-order valence-corrected chi connectivity index (χ2v) is 7.28. The van der Waals surface area contributed by atoms with E-state index in [1.165, 1.54) is 12.1 Å². The summed E-state index contributed by atoms with van der Waals surface area (Å²) in [6.07, 6.45) is 3.20. The number of benzene rings is 1. The fraction of sp³-hybridized carbons (Fsp3) is 0.412. The van der Waals surface area contributed by atoms with Crippen LogP contribution in [-0.4, -0.2) is 39.1 Å². The molecule has 1 aromatic carbocycles. The molecular weight excluding hydrogens is 315 g/mol. The number of pyridine rings is 1. The van der Waals surface area contributed by atoms with Crippen molar-refractivity contribution >= 4 is 28.6 Å². The van der Waals surface area contributed by atoms with E-state index >= 15 is 0 Å². The van der Waals surface area contributed by atoms with E-state index in [4.69, 9.17) is 0 Å². The Kier molecular flexibility index (Phi) is 4.55. The van der Waals surface area contributed by atoms with Crippen molar-refractivity contribution in [3.05, 3.63) is 41.8 Å². The maximum absolute atomic E-state index is 13.7. The first kappa shape index (κ1) is 16.2. The Morgan fingerprint density at radius 1 is 1.57 bits per heavy atom. The monoisotopic (exact) mass is 334 g/mol. The molecule has 0 unspecified atom stereocenters. The topological polar surface area (TPSA) is 62.2 Å². The minimum atomic E-state index is -0.868. The zero-order valence-corrected chi connectivity index (χ0v) is 13.7. The van der Waals surface area contributed by atoms with Crippen molar-refractivity contribution in [1.82, 2.24) is 10.3 Å². The molecule has 1 aliphatic rings. The molecule has 0 radical (unpaired) electrons. The Morgan fingerprint density at radius 2 is 2.39 bits per heavy atom. The van der Waals surface area contributed by atoms with Crippen molar-refractivity contribution in [3.8, 4) is 0 Å². The number of carbonyl (C=O) groups is 1. The van der Waals surface area contributed by atoms with E-state index in [0.717, 1.165) is 12.2 Å². The van der Waals surface area contributed by atoms with Gasteiger partial charge in [-0.1, -0.05) is 13.0 Å². The maximum Gasteiger partial charge on any atom is 0.253 e. The van der Waals surface area contributed by atoms with Gasteiger partial charge in [0.1, 0.15) is 5.82 Å². The fourth-order valence-corrected chi connectivity index (χ4v) is 4.09. The van der Waals surface area contributed by atoms with Gasteiger partial charge in [-0.2, -0.15) is 11.8 Å². The number of carbonyl (C=O) groups excluding carboxylic acids is 1. The van der Waals surface area contributed by atoms with Crippen LogP contribution in [0.1, 0.15) is 30.1 Å². The predicted octanol–water partition coefficient (Wildman–Crippen LogP) is 2.75. The number of hydrogen-bond donors (Lipinski definition) is 2. The number of nitrogens with zero attached hydrogens (tertiary/aromatic N) is 1. The summed E-state index contributed by atoms with van der Waals surface area (Å²) >= 11 is 1.70. The van der Waals surface area contributed by atoms with Gasteiger partial charge >= 0.3 is 0 Å². The van der Waals surface area contributed by atoms with Crippen LogP contribution in [0.3, 0.4) is 0 Å². The van der Waals surface area contributed by atoms with Gasteiger partial charge in [-0.15, -0.1) is 0 Å². The molecule has 0 spiro atoms. The Hall–Kier alpha value is -1.66. The van der Waals surface area contributed by atoms with Crippen LogP contribution in [0.4, 0.5) is 4.39 Å². The van der Waals surface area contributed by atoms with Crippen LogP contribution < -0.4 is 5.32 Å². The molecule has 122 valence electrons. The molecule has 1 heterocycles. The minimum absolute atomic E-state index is 0.148. The lowest BCUT2D eigenvalue weighted by Crippen LogP contribution is -2.57. The summed E-state index contributed by atoms with van der Waals surface area (Å²) in [4.78, 5) is 16.6. The Labute approximate surface area is 138 Å². The lowest BCUT2D eigenvalue weighted by molar-refractivity contribution is -0.0221. The van der Waals surface area contributed by atoms with Gasteiger partial charge in [0, 0.05) is 23.4 Å². The summed E-state index contributed by atoms with van der Waals surface area (Å²) in [5.41, 5.74) is -0.206. The summed E-state index contributed by atoms with van der Waals surface area (Å²) < 4.78 is 13.7. The first-order valence-electron chi connectivity index (χ1n) is 7.70. The van der Waals surface area contributed by atoms with E-state index in [0.29, 0.717) is 17.3 Å². The molecule has 6 heteroatoms. The summed E-state index contributed by atoms with van der Waals surface area (Å²) in [6, 6.07) is 5.96. The highest BCUT2D eigenvalue weighted by Gasteiger charge is 2.45. The molecule has 2 atom stereocenters. The lowest BCUT2D eigenvalue weighted by Gasteiger charge is -2.45. The van der Waals surface area contributed by atoms with Crippen molar-refractivity contribution in [1.29, 1.82) is 0 Å². The van der Waals surface area contributed by atoms with Crippen LogP contribution in [-0.2, 0) is 0 Å². The van der Waals surface area contributed by atoms with E-state index in [2.05, 4.69) is 10.3 Å². The number of nitrogens with one attached hydrogen (secondary N) is 1. The van der Waals surface area contributed by atoms with Gasteiger partial charge in [0.25, 0.3) is 5.91 Å². The SMILES string of the molecule is CCS[C@H]1CC[C@@]1(O)CNC(=O)c1cc(F)cc2cccnc12. The molecule has 1 amide bonds. The Bertz CT molecular complexity index is 740. The van der Waals surface area contributed by atoms with Gasteiger partial charge in [-0.3, -0.25) is 9.78 Å². The highest BCUT2D eigenvalue weighted by atomic mass is 32.2. The lowest BCUT2D eigenvalue weighted by atomic mass is 9.79. The van der Waals surface area contributed by atoms with Crippen LogP contribution in [0, 0.1) is 5.82 Å². The van der Waals surface area contributed by atoms with Crippen LogP contribution in [0.2, 0.25) is 0 Å². The number of amides is 1. The first-order valence-corrected chi connectivity index (χ1v) is 8.75. The van der Waals surface area contributed by atoms with Crippen LogP contribution in [0.5, 0.6) is 0 Å². The average molecular weight is 334 g/mol. The molecule has 0 saturated heterocycles. The fourth-order valence-electron chi connectivity index (χ4n) is 2.89. The Morgan fingerprint density at radius 3 is 3.09 bits per heavy atom. The van der Waals surface area contributed by atoms with Crippen molar-refractivity contribution < 1.29 is 14.3 Å². The van der Waals surface area contributed by atoms with Crippen LogP contribution in [0.25, 0.3) is 10.9 Å². The summed E-state index contributed by atoms with van der Waals surface area (Å²) in [5, 5.41) is 14.0. The molecule has 1 aromatic heterocycles. The number of aromatic nitrogens is 1. The first-order chi connectivity index (χ1) is 11.0. The highest BCUT2D eigenvalue weighted by molar-refractivity contribution is 8.00. The quantitative estimate of drug-likeness (QED) is 0.883. The third-order valence-corrected chi connectivity index (χ3v) is 5.69. The number of hydrogen-bond acceptors (Lipinski definition) is 4. The van der Waals surface area contributed by atoms with Gasteiger partial charge in [0.2, 0.25) is 0 Å². The molecule has 1 saturated carbocycles. The largest absolute Gasteiger partial charge is 0.387 e. The van der Waals surface area contributed by atoms with Gasteiger partial charge in [-0.05, 0) is 36.8 Å². The van der Waals surface area contributed by atoms with E-state index in [1.807, 2.05) is 6.92 Å². The second-order valence-electron chi connectivity index (χ2n) is 5.80. The molecule has 2 N–H and O–H groups in total. The van der Waals surface area contributed by atoms with Gasteiger partial charge in [-0.25, -0.2) is 4.39 Å². The molecule has 1 fully saturated rings.